The van der Waals surface area contributed by atoms with Gasteiger partial charge in [0, 0.05) is 45.5 Å². The zero-order valence-electron chi connectivity index (χ0n) is 18.0. The highest BCUT2D eigenvalue weighted by atomic mass is 16.5. The fourth-order valence-electron chi connectivity index (χ4n) is 4.06. The number of morpholine rings is 1. The lowest BCUT2D eigenvalue weighted by atomic mass is 10.0. The molecule has 2 aliphatic heterocycles. The standard InChI is InChI=1S/C22H35N5O2/c1-17(2)15-26-11-12-29-19(16-26)13-24-22(23-3)25-14-21(28)27-10-6-8-18-7-4-5-9-20(18)27/h4-5,7,9,17,19H,6,8,10-16H2,1-3H3,(H2,23,24,25). The fraction of sp³-hybridized carbons (Fsp3) is 0.636. The highest BCUT2D eigenvalue weighted by Gasteiger charge is 2.23. The van der Waals surface area contributed by atoms with E-state index in [1.165, 1.54) is 5.56 Å². The minimum absolute atomic E-state index is 0.0668. The molecule has 1 fully saturated rings. The molecule has 0 saturated carbocycles. The van der Waals surface area contributed by atoms with E-state index in [0.29, 0.717) is 18.4 Å². The van der Waals surface area contributed by atoms with Crippen LogP contribution >= 0.6 is 0 Å². The van der Waals surface area contributed by atoms with Gasteiger partial charge in [-0.05, 0) is 30.4 Å². The van der Waals surface area contributed by atoms with Crippen molar-refractivity contribution in [3.63, 3.8) is 0 Å². The molecule has 2 N–H and O–H groups in total. The average molecular weight is 402 g/mol. The number of ether oxygens (including phenoxy) is 1. The lowest BCUT2D eigenvalue weighted by Gasteiger charge is -2.34. The maximum atomic E-state index is 12.8. The van der Waals surface area contributed by atoms with E-state index in [2.05, 4.69) is 40.4 Å². The van der Waals surface area contributed by atoms with E-state index in [1.807, 2.05) is 23.1 Å². The van der Waals surface area contributed by atoms with Crippen LogP contribution in [0.1, 0.15) is 25.8 Å². The molecule has 1 amide bonds. The van der Waals surface area contributed by atoms with E-state index in [-0.39, 0.29) is 18.6 Å². The van der Waals surface area contributed by atoms with Crippen molar-refractivity contribution in [3.8, 4) is 0 Å². The molecular formula is C22H35N5O2. The Hall–Kier alpha value is -2.12. The van der Waals surface area contributed by atoms with Crippen molar-refractivity contribution in [3.05, 3.63) is 29.8 Å². The first-order valence-corrected chi connectivity index (χ1v) is 10.7. The summed E-state index contributed by atoms with van der Waals surface area (Å²) < 4.78 is 5.88. The first-order chi connectivity index (χ1) is 14.1. The maximum absolute atomic E-state index is 12.8. The molecule has 1 atom stereocenters. The zero-order valence-corrected chi connectivity index (χ0v) is 18.0. The van der Waals surface area contributed by atoms with Crippen LogP contribution < -0.4 is 15.5 Å². The molecule has 1 saturated heterocycles. The Morgan fingerprint density at radius 3 is 2.90 bits per heavy atom. The number of hydrogen-bond donors (Lipinski definition) is 2. The summed E-state index contributed by atoms with van der Waals surface area (Å²) in [5.41, 5.74) is 2.28. The molecule has 0 radical (unpaired) electrons. The molecule has 29 heavy (non-hydrogen) atoms. The number of carbonyl (C=O) groups excluding carboxylic acids is 1. The van der Waals surface area contributed by atoms with Gasteiger partial charge in [0.15, 0.2) is 5.96 Å². The van der Waals surface area contributed by atoms with Crippen LogP contribution in [0.3, 0.4) is 0 Å². The number of anilines is 1. The first-order valence-electron chi connectivity index (χ1n) is 10.7. The van der Waals surface area contributed by atoms with E-state index in [0.717, 1.165) is 51.3 Å². The zero-order chi connectivity index (χ0) is 20.6. The van der Waals surface area contributed by atoms with Crippen LogP contribution in [0.5, 0.6) is 0 Å². The Labute approximate surface area is 174 Å². The monoisotopic (exact) mass is 401 g/mol. The van der Waals surface area contributed by atoms with Crippen molar-refractivity contribution in [2.75, 3.05) is 57.8 Å². The largest absolute Gasteiger partial charge is 0.374 e. The number of fused-ring (bicyclic) bond motifs is 1. The van der Waals surface area contributed by atoms with Gasteiger partial charge in [-0.3, -0.25) is 14.7 Å². The van der Waals surface area contributed by atoms with E-state index in [4.69, 9.17) is 4.74 Å². The van der Waals surface area contributed by atoms with Gasteiger partial charge in [0.05, 0.1) is 19.3 Å². The lowest BCUT2D eigenvalue weighted by Crippen LogP contribution is -2.51. The Morgan fingerprint density at radius 2 is 2.10 bits per heavy atom. The van der Waals surface area contributed by atoms with Crippen LogP contribution in [0.4, 0.5) is 5.69 Å². The summed E-state index contributed by atoms with van der Waals surface area (Å²) in [5, 5.41) is 6.47. The van der Waals surface area contributed by atoms with Gasteiger partial charge in [0.2, 0.25) is 5.91 Å². The predicted octanol–water partition coefficient (Wildman–Crippen LogP) is 1.49. The van der Waals surface area contributed by atoms with Crippen molar-refractivity contribution in [2.24, 2.45) is 10.9 Å². The summed E-state index contributed by atoms with van der Waals surface area (Å²) in [6.45, 7) is 9.92. The number of benzene rings is 1. The quantitative estimate of drug-likeness (QED) is 0.558. The smallest absolute Gasteiger partial charge is 0.246 e. The second-order valence-electron chi connectivity index (χ2n) is 8.23. The minimum Gasteiger partial charge on any atom is -0.374 e. The molecular weight excluding hydrogens is 366 g/mol. The van der Waals surface area contributed by atoms with Gasteiger partial charge in [0.1, 0.15) is 0 Å². The minimum atomic E-state index is 0.0668. The number of nitrogens with one attached hydrogen (secondary N) is 2. The Bertz CT molecular complexity index is 706. The van der Waals surface area contributed by atoms with Crippen LogP contribution in [0, 0.1) is 5.92 Å². The third-order valence-electron chi connectivity index (χ3n) is 5.39. The molecule has 1 unspecified atom stereocenters. The van der Waals surface area contributed by atoms with Gasteiger partial charge >= 0.3 is 0 Å². The van der Waals surface area contributed by atoms with E-state index < -0.39 is 0 Å². The maximum Gasteiger partial charge on any atom is 0.246 e. The van der Waals surface area contributed by atoms with E-state index in [1.54, 1.807) is 7.05 Å². The second-order valence-corrected chi connectivity index (χ2v) is 8.23. The van der Waals surface area contributed by atoms with Gasteiger partial charge < -0.3 is 20.3 Å². The first kappa shape index (κ1) is 21.6. The molecule has 2 heterocycles. The fourth-order valence-corrected chi connectivity index (χ4v) is 4.06. The lowest BCUT2D eigenvalue weighted by molar-refractivity contribution is -0.117. The second kappa shape index (κ2) is 10.6. The van der Waals surface area contributed by atoms with Crippen molar-refractivity contribution in [2.45, 2.75) is 32.8 Å². The Kier molecular flexibility index (Phi) is 7.89. The molecule has 160 valence electrons. The third kappa shape index (κ3) is 6.18. The summed E-state index contributed by atoms with van der Waals surface area (Å²) in [6.07, 6.45) is 2.17. The summed E-state index contributed by atoms with van der Waals surface area (Å²) in [4.78, 5) is 21.4. The summed E-state index contributed by atoms with van der Waals surface area (Å²) >= 11 is 0. The van der Waals surface area contributed by atoms with Crippen LogP contribution in [0.25, 0.3) is 0 Å². The summed E-state index contributed by atoms with van der Waals surface area (Å²) in [6, 6.07) is 8.16. The van der Waals surface area contributed by atoms with Gasteiger partial charge in [-0.1, -0.05) is 32.0 Å². The number of guanidine groups is 1. The topological polar surface area (TPSA) is 69.2 Å². The van der Waals surface area contributed by atoms with Crippen molar-refractivity contribution >= 4 is 17.6 Å². The third-order valence-corrected chi connectivity index (χ3v) is 5.39. The van der Waals surface area contributed by atoms with Gasteiger partial charge in [-0.15, -0.1) is 0 Å². The molecule has 0 spiro atoms. The van der Waals surface area contributed by atoms with Crippen LogP contribution in [-0.4, -0.2) is 75.8 Å². The molecule has 1 aromatic rings. The summed E-state index contributed by atoms with van der Waals surface area (Å²) in [5.74, 6) is 1.35. The van der Waals surface area contributed by atoms with Gasteiger partial charge in [-0.2, -0.15) is 0 Å². The highest BCUT2D eigenvalue weighted by molar-refractivity contribution is 5.98. The van der Waals surface area contributed by atoms with Gasteiger partial charge in [-0.25, -0.2) is 0 Å². The molecule has 7 heteroatoms. The molecule has 3 rings (SSSR count). The predicted molar refractivity (Wildman–Crippen MR) is 117 cm³/mol. The molecule has 0 aliphatic carbocycles. The highest BCUT2D eigenvalue weighted by Crippen LogP contribution is 2.26. The number of rotatable bonds is 6. The average Bonchev–Trinajstić information content (AvgIpc) is 2.73. The van der Waals surface area contributed by atoms with Crippen molar-refractivity contribution in [1.82, 2.24) is 15.5 Å². The number of aliphatic imine (C=N–C) groups is 1. The number of hydrogen-bond acceptors (Lipinski definition) is 4. The SMILES string of the molecule is CN=C(NCC(=O)N1CCCc2ccccc21)NCC1CN(CC(C)C)CCO1. The van der Waals surface area contributed by atoms with Crippen LogP contribution in [0.2, 0.25) is 0 Å². The van der Waals surface area contributed by atoms with E-state index in [9.17, 15) is 4.79 Å². The van der Waals surface area contributed by atoms with Crippen molar-refractivity contribution in [1.29, 1.82) is 0 Å². The number of para-hydroxylation sites is 1. The molecule has 0 bridgehead atoms. The Balaban J connectivity index is 1.46. The van der Waals surface area contributed by atoms with Crippen molar-refractivity contribution < 1.29 is 9.53 Å². The number of aryl methyl sites for hydroxylation is 1. The number of nitrogens with zero attached hydrogens (tertiary/aromatic N) is 3. The molecule has 2 aliphatic rings. The molecule has 0 aromatic heterocycles. The number of amides is 1. The van der Waals surface area contributed by atoms with E-state index >= 15 is 0 Å². The van der Waals surface area contributed by atoms with Crippen LogP contribution in [0.15, 0.2) is 29.3 Å². The van der Waals surface area contributed by atoms with Gasteiger partial charge in [0.25, 0.3) is 0 Å². The Morgan fingerprint density at radius 1 is 1.28 bits per heavy atom. The number of carbonyl (C=O) groups is 1. The summed E-state index contributed by atoms with van der Waals surface area (Å²) in [7, 11) is 1.72. The molecule has 1 aromatic carbocycles. The molecule has 7 nitrogen and oxygen atoms in total. The van der Waals surface area contributed by atoms with Crippen LogP contribution in [-0.2, 0) is 16.0 Å². The normalized spacial score (nSPS) is 20.5.